The van der Waals surface area contributed by atoms with E-state index in [1.807, 2.05) is 0 Å². The fraction of sp³-hybridized carbons (Fsp3) is 0. The Bertz CT molecular complexity index is 666. The van der Waals surface area contributed by atoms with Gasteiger partial charge >= 0.3 is 11.9 Å². The first-order valence-corrected chi connectivity index (χ1v) is 5.64. The molecule has 0 spiro atoms. The van der Waals surface area contributed by atoms with Gasteiger partial charge in [0.2, 0.25) is 0 Å². The van der Waals surface area contributed by atoms with Crippen LogP contribution in [-0.4, -0.2) is 16.9 Å². The lowest BCUT2D eigenvalue weighted by atomic mass is 10.2. The molecule has 0 atom stereocenters. The Balaban J connectivity index is 2.21. The molecule has 0 saturated carbocycles. The van der Waals surface area contributed by atoms with Crippen LogP contribution in [0.5, 0.6) is 0 Å². The minimum Gasteiger partial charge on any atom is -0.386 e. The van der Waals surface area contributed by atoms with Crippen LogP contribution in [0.15, 0.2) is 54.6 Å². The summed E-state index contributed by atoms with van der Waals surface area (Å²) in [5.74, 6) is -1.90. The van der Waals surface area contributed by atoms with Crippen molar-refractivity contribution in [2.75, 3.05) is 0 Å². The number of carbonyl (C=O) groups is 2. The summed E-state index contributed by atoms with van der Waals surface area (Å²) in [7, 11) is 0. The number of para-hydroxylation sites is 1. The largest absolute Gasteiger partial charge is 0.386 e. The van der Waals surface area contributed by atoms with Crippen molar-refractivity contribution >= 4 is 17.6 Å². The summed E-state index contributed by atoms with van der Waals surface area (Å²) < 4.78 is 4.63. The van der Waals surface area contributed by atoms with Crippen LogP contribution in [0.3, 0.4) is 0 Å². The molecule has 0 heterocycles. The molecule has 0 N–H and O–H groups in total. The van der Waals surface area contributed by atoms with Crippen LogP contribution in [-0.2, 0) is 4.74 Å². The van der Waals surface area contributed by atoms with Crippen LogP contribution in [0, 0.1) is 10.1 Å². The predicted octanol–water partition coefficient (Wildman–Crippen LogP) is 2.59. The molecule has 6 nitrogen and oxygen atoms in total. The molecule has 100 valence electrons. The molecule has 0 unspecified atom stereocenters. The molecule has 2 aromatic carbocycles. The lowest BCUT2D eigenvalue weighted by Crippen LogP contribution is -2.14. The summed E-state index contributed by atoms with van der Waals surface area (Å²) in [4.78, 5) is 33.6. The number of nitro groups is 1. The van der Waals surface area contributed by atoms with Crippen molar-refractivity contribution in [3.8, 4) is 0 Å². The van der Waals surface area contributed by atoms with E-state index in [2.05, 4.69) is 4.74 Å². The fourth-order valence-electron chi connectivity index (χ4n) is 1.58. The Morgan fingerprint density at radius 2 is 1.50 bits per heavy atom. The molecular weight excluding hydrogens is 262 g/mol. The lowest BCUT2D eigenvalue weighted by molar-refractivity contribution is -0.385. The summed E-state index contributed by atoms with van der Waals surface area (Å²) in [5, 5.41) is 10.8. The van der Waals surface area contributed by atoms with Gasteiger partial charge in [0, 0.05) is 6.07 Å². The highest BCUT2D eigenvalue weighted by Gasteiger charge is 2.23. The maximum Gasteiger partial charge on any atom is 0.353 e. The van der Waals surface area contributed by atoms with Crippen molar-refractivity contribution in [2.24, 2.45) is 0 Å². The maximum absolute atomic E-state index is 11.8. The number of rotatable bonds is 3. The smallest absolute Gasteiger partial charge is 0.353 e. The van der Waals surface area contributed by atoms with Crippen LogP contribution in [0.1, 0.15) is 20.7 Å². The number of ether oxygens (including phenoxy) is 1. The predicted molar refractivity (Wildman–Crippen MR) is 69.3 cm³/mol. The van der Waals surface area contributed by atoms with Crippen molar-refractivity contribution in [3.05, 3.63) is 75.8 Å². The average Bonchev–Trinajstić information content (AvgIpc) is 2.48. The number of hydrogen-bond acceptors (Lipinski definition) is 5. The third-order valence-electron chi connectivity index (χ3n) is 2.52. The van der Waals surface area contributed by atoms with E-state index >= 15 is 0 Å². The lowest BCUT2D eigenvalue weighted by Gasteiger charge is -2.03. The summed E-state index contributed by atoms with van der Waals surface area (Å²) >= 11 is 0. The maximum atomic E-state index is 11.8. The number of nitro benzene ring substituents is 1. The van der Waals surface area contributed by atoms with Crippen LogP contribution < -0.4 is 0 Å². The molecule has 0 bridgehead atoms. The van der Waals surface area contributed by atoms with Crippen molar-refractivity contribution < 1.29 is 19.2 Å². The minimum absolute atomic E-state index is 0.194. The summed E-state index contributed by atoms with van der Waals surface area (Å²) in [6, 6.07) is 13.2. The molecule has 0 radical (unpaired) electrons. The van der Waals surface area contributed by atoms with Crippen LogP contribution in [0.25, 0.3) is 0 Å². The number of esters is 2. The number of carbonyl (C=O) groups excluding carboxylic acids is 2. The van der Waals surface area contributed by atoms with Gasteiger partial charge in [0.15, 0.2) is 0 Å². The van der Waals surface area contributed by atoms with Gasteiger partial charge in [-0.1, -0.05) is 30.3 Å². The molecule has 0 aliphatic heterocycles. The van der Waals surface area contributed by atoms with Crippen molar-refractivity contribution in [3.63, 3.8) is 0 Å². The molecule has 0 aliphatic rings. The van der Waals surface area contributed by atoms with E-state index in [0.29, 0.717) is 0 Å². The normalized spacial score (nSPS) is 9.80. The van der Waals surface area contributed by atoms with Gasteiger partial charge in [-0.15, -0.1) is 0 Å². The van der Waals surface area contributed by atoms with E-state index in [1.54, 1.807) is 18.2 Å². The van der Waals surface area contributed by atoms with Crippen LogP contribution >= 0.6 is 0 Å². The molecule has 6 heteroatoms. The van der Waals surface area contributed by atoms with Gasteiger partial charge in [-0.25, -0.2) is 9.59 Å². The zero-order valence-electron chi connectivity index (χ0n) is 10.2. The first kappa shape index (κ1) is 13.4. The average molecular weight is 271 g/mol. The molecular formula is C14H9NO5. The first-order chi connectivity index (χ1) is 9.59. The third-order valence-corrected chi connectivity index (χ3v) is 2.52. The summed E-state index contributed by atoms with van der Waals surface area (Å²) in [5.41, 5.74) is -0.473. The van der Waals surface area contributed by atoms with Gasteiger partial charge in [0.1, 0.15) is 5.56 Å². The summed E-state index contributed by atoms with van der Waals surface area (Å²) in [6.07, 6.45) is 0. The zero-order valence-corrected chi connectivity index (χ0v) is 10.2. The first-order valence-electron chi connectivity index (χ1n) is 5.64. The Kier molecular flexibility index (Phi) is 3.85. The second-order valence-electron chi connectivity index (χ2n) is 3.82. The van der Waals surface area contributed by atoms with E-state index in [1.165, 1.54) is 36.4 Å². The van der Waals surface area contributed by atoms with E-state index in [-0.39, 0.29) is 11.1 Å². The van der Waals surface area contributed by atoms with E-state index in [4.69, 9.17) is 0 Å². The molecule has 0 aliphatic carbocycles. The van der Waals surface area contributed by atoms with Crippen LogP contribution in [0.4, 0.5) is 5.69 Å². The van der Waals surface area contributed by atoms with E-state index in [0.717, 1.165) is 0 Å². The molecule has 20 heavy (non-hydrogen) atoms. The zero-order chi connectivity index (χ0) is 14.5. The second-order valence-corrected chi connectivity index (χ2v) is 3.82. The fourth-order valence-corrected chi connectivity index (χ4v) is 1.58. The van der Waals surface area contributed by atoms with Gasteiger partial charge in [0.25, 0.3) is 5.69 Å². The molecule has 0 fully saturated rings. The van der Waals surface area contributed by atoms with Crippen molar-refractivity contribution in [2.45, 2.75) is 0 Å². The second kappa shape index (κ2) is 5.75. The monoisotopic (exact) mass is 271 g/mol. The summed E-state index contributed by atoms with van der Waals surface area (Å²) in [6.45, 7) is 0. The molecule has 2 aromatic rings. The van der Waals surface area contributed by atoms with Crippen LogP contribution in [0.2, 0.25) is 0 Å². The highest BCUT2D eigenvalue weighted by atomic mass is 16.6. The number of nitrogens with zero attached hydrogens (tertiary/aromatic N) is 1. The van der Waals surface area contributed by atoms with Gasteiger partial charge < -0.3 is 4.74 Å². The van der Waals surface area contributed by atoms with Crippen molar-refractivity contribution in [1.29, 1.82) is 0 Å². The standard InChI is InChI=1S/C14H9NO5/c16-13(10-6-2-1-3-7-10)20-14(17)11-8-4-5-9-12(11)15(18)19/h1-9H. The van der Waals surface area contributed by atoms with Gasteiger partial charge in [-0.3, -0.25) is 10.1 Å². The Morgan fingerprint density at radius 1 is 0.900 bits per heavy atom. The molecule has 0 saturated heterocycles. The Labute approximate surface area is 113 Å². The molecule has 0 amide bonds. The van der Waals surface area contributed by atoms with Gasteiger partial charge in [-0.05, 0) is 18.2 Å². The van der Waals surface area contributed by atoms with E-state index < -0.39 is 22.5 Å². The quantitative estimate of drug-likeness (QED) is 0.370. The highest BCUT2D eigenvalue weighted by Crippen LogP contribution is 2.19. The number of benzene rings is 2. The number of hydrogen-bond donors (Lipinski definition) is 0. The Morgan fingerprint density at radius 3 is 2.15 bits per heavy atom. The third kappa shape index (κ3) is 2.86. The molecule has 0 aromatic heterocycles. The topological polar surface area (TPSA) is 86.5 Å². The molecule has 2 rings (SSSR count). The van der Waals surface area contributed by atoms with Crippen molar-refractivity contribution in [1.82, 2.24) is 0 Å². The minimum atomic E-state index is -1.05. The van der Waals surface area contributed by atoms with Gasteiger partial charge in [0.05, 0.1) is 10.5 Å². The van der Waals surface area contributed by atoms with E-state index in [9.17, 15) is 19.7 Å². The Hall–Kier alpha value is -3.02. The highest BCUT2D eigenvalue weighted by molar-refractivity contribution is 6.04. The van der Waals surface area contributed by atoms with Gasteiger partial charge in [-0.2, -0.15) is 0 Å². The SMILES string of the molecule is O=C(OC(=O)c1ccccc1[N+](=O)[O-])c1ccccc1.